The van der Waals surface area contributed by atoms with E-state index in [-0.39, 0.29) is 17.5 Å². The smallest absolute Gasteiger partial charge is 0.240 e. The molecule has 0 aromatic heterocycles. The van der Waals surface area contributed by atoms with Gasteiger partial charge in [-0.25, -0.2) is 17.5 Å². The average Bonchev–Trinajstić information content (AvgIpc) is 2.14. The largest absolute Gasteiger partial charge is 0.327 e. The Morgan fingerprint density at radius 3 is 2.62 bits per heavy atom. The zero-order valence-corrected chi connectivity index (χ0v) is 10.0. The number of halogens is 1. The highest BCUT2D eigenvalue weighted by Gasteiger charge is 2.16. The Bertz CT molecular complexity index is 472. The van der Waals surface area contributed by atoms with Crippen molar-refractivity contribution in [2.45, 2.75) is 24.8 Å². The number of benzene rings is 1. The Balaban J connectivity index is 2.99. The molecule has 1 aromatic carbocycles. The summed E-state index contributed by atoms with van der Waals surface area (Å²) in [5, 5.41) is 0. The van der Waals surface area contributed by atoms with E-state index in [1.807, 2.05) is 0 Å². The van der Waals surface area contributed by atoms with E-state index in [4.69, 9.17) is 5.73 Å². The zero-order chi connectivity index (χ0) is 12.3. The quantitative estimate of drug-likeness (QED) is 0.823. The molecule has 6 heteroatoms. The van der Waals surface area contributed by atoms with Crippen LogP contribution in [0.3, 0.4) is 0 Å². The van der Waals surface area contributed by atoms with Crippen LogP contribution in [0.4, 0.5) is 4.39 Å². The molecule has 1 rings (SSSR count). The Labute approximate surface area is 94.7 Å². The highest BCUT2D eigenvalue weighted by Crippen LogP contribution is 2.15. The van der Waals surface area contributed by atoms with Crippen LogP contribution in [0.15, 0.2) is 23.1 Å². The summed E-state index contributed by atoms with van der Waals surface area (Å²) in [6, 6.07) is 3.28. The van der Waals surface area contributed by atoms with Crippen LogP contribution in [0.5, 0.6) is 0 Å². The minimum Gasteiger partial charge on any atom is -0.327 e. The number of sulfonamides is 1. The van der Waals surface area contributed by atoms with Gasteiger partial charge in [-0.3, -0.25) is 0 Å². The molecule has 0 bridgehead atoms. The summed E-state index contributed by atoms with van der Waals surface area (Å²) >= 11 is 0. The summed E-state index contributed by atoms with van der Waals surface area (Å²) < 4.78 is 38.7. The van der Waals surface area contributed by atoms with Gasteiger partial charge in [0.15, 0.2) is 0 Å². The number of aryl methyl sites for hydroxylation is 1. The second-order valence-corrected chi connectivity index (χ2v) is 5.47. The molecule has 0 spiro atoms. The first-order chi connectivity index (χ1) is 7.33. The predicted molar refractivity (Wildman–Crippen MR) is 60.0 cm³/mol. The third-order valence-corrected chi connectivity index (χ3v) is 3.61. The van der Waals surface area contributed by atoms with Crippen LogP contribution < -0.4 is 10.5 Å². The molecule has 0 amide bonds. The van der Waals surface area contributed by atoms with Gasteiger partial charge in [0.05, 0.1) is 4.90 Å². The molecule has 1 atom stereocenters. The molecule has 0 saturated heterocycles. The Kier molecular flexibility index (Phi) is 4.01. The van der Waals surface area contributed by atoms with E-state index in [9.17, 15) is 12.8 Å². The van der Waals surface area contributed by atoms with Gasteiger partial charge in [0.2, 0.25) is 10.0 Å². The molecule has 90 valence electrons. The molecular weight excluding hydrogens is 231 g/mol. The van der Waals surface area contributed by atoms with Gasteiger partial charge in [-0.05, 0) is 37.6 Å². The number of nitrogens with two attached hydrogens (primary N) is 1. The van der Waals surface area contributed by atoms with Gasteiger partial charge in [-0.15, -0.1) is 0 Å². The summed E-state index contributed by atoms with van der Waals surface area (Å²) in [5.41, 5.74) is 5.83. The van der Waals surface area contributed by atoms with Crippen molar-refractivity contribution in [3.63, 3.8) is 0 Å². The van der Waals surface area contributed by atoms with Crippen molar-refractivity contribution >= 4 is 10.0 Å². The van der Waals surface area contributed by atoms with Gasteiger partial charge in [0.1, 0.15) is 5.82 Å². The molecule has 16 heavy (non-hydrogen) atoms. The van der Waals surface area contributed by atoms with E-state index < -0.39 is 15.8 Å². The van der Waals surface area contributed by atoms with E-state index >= 15 is 0 Å². The molecule has 0 aliphatic heterocycles. The molecule has 0 aliphatic carbocycles. The summed E-state index contributed by atoms with van der Waals surface area (Å²) in [6.45, 7) is 3.39. The monoisotopic (exact) mass is 246 g/mol. The van der Waals surface area contributed by atoms with E-state index in [1.165, 1.54) is 12.1 Å². The number of nitrogens with one attached hydrogen (secondary N) is 1. The first-order valence-electron chi connectivity index (χ1n) is 4.84. The molecule has 1 aromatic rings. The summed E-state index contributed by atoms with van der Waals surface area (Å²) in [5.74, 6) is -0.455. The lowest BCUT2D eigenvalue weighted by molar-refractivity contribution is 0.572. The second kappa shape index (κ2) is 4.90. The highest BCUT2D eigenvalue weighted by molar-refractivity contribution is 7.89. The Hall–Kier alpha value is -0.980. The van der Waals surface area contributed by atoms with Gasteiger partial charge in [-0.2, -0.15) is 0 Å². The third kappa shape index (κ3) is 3.26. The number of hydrogen-bond donors (Lipinski definition) is 2. The molecule has 4 nitrogen and oxygen atoms in total. The average molecular weight is 246 g/mol. The lowest BCUT2D eigenvalue weighted by atomic mass is 10.2. The maximum absolute atomic E-state index is 12.8. The van der Waals surface area contributed by atoms with E-state index in [1.54, 1.807) is 13.8 Å². The summed E-state index contributed by atoms with van der Waals surface area (Å²) in [6.07, 6.45) is 0. The zero-order valence-electron chi connectivity index (χ0n) is 9.20. The van der Waals surface area contributed by atoms with Gasteiger partial charge >= 0.3 is 0 Å². The maximum Gasteiger partial charge on any atom is 0.240 e. The van der Waals surface area contributed by atoms with Crippen LogP contribution in [0.1, 0.15) is 12.5 Å². The molecule has 1 unspecified atom stereocenters. The lowest BCUT2D eigenvalue weighted by Crippen LogP contribution is -2.35. The minimum atomic E-state index is -3.60. The van der Waals surface area contributed by atoms with Crippen molar-refractivity contribution in [1.82, 2.24) is 4.72 Å². The van der Waals surface area contributed by atoms with Gasteiger partial charge in [-0.1, -0.05) is 0 Å². The van der Waals surface area contributed by atoms with E-state index in [2.05, 4.69) is 4.72 Å². The molecule has 0 radical (unpaired) electrons. The lowest BCUT2D eigenvalue weighted by Gasteiger charge is -2.10. The van der Waals surface area contributed by atoms with Gasteiger partial charge in [0, 0.05) is 12.6 Å². The van der Waals surface area contributed by atoms with E-state index in [0.29, 0.717) is 5.56 Å². The van der Waals surface area contributed by atoms with Crippen LogP contribution in [0.2, 0.25) is 0 Å². The highest BCUT2D eigenvalue weighted by atomic mass is 32.2. The van der Waals surface area contributed by atoms with E-state index in [0.717, 1.165) is 6.07 Å². The Morgan fingerprint density at radius 1 is 1.50 bits per heavy atom. The van der Waals surface area contributed by atoms with Crippen molar-refractivity contribution < 1.29 is 12.8 Å². The van der Waals surface area contributed by atoms with Gasteiger partial charge in [0.25, 0.3) is 0 Å². The summed E-state index contributed by atoms with van der Waals surface area (Å²) in [7, 11) is -3.60. The Morgan fingerprint density at radius 2 is 2.12 bits per heavy atom. The second-order valence-electron chi connectivity index (χ2n) is 3.74. The van der Waals surface area contributed by atoms with Crippen molar-refractivity contribution in [2.75, 3.05) is 6.54 Å². The summed E-state index contributed by atoms with van der Waals surface area (Å²) in [4.78, 5) is 0.0783. The van der Waals surface area contributed by atoms with Gasteiger partial charge < -0.3 is 5.73 Å². The van der Waals surface area contributed by atoms with Crippen LogP contribution in [-0.2, 0) is 10.0 Å². The maximum atomic E-state index is 12.8. The normalized spacial score (nSPS) is 13.8. The number of hydrogen-bond acceptors (Lipinski definition) is 3. The first kappa shape index (κ1) is 13.1. The van der Waals surface area contributed by atoms with Crippen molar-refractivity contribution in [3.05, 3.63) is 29.6 Å². The first-order valence-corrected chi connectivity index (χ1v) is 6.32. The molecule has 0 aliphatic rings. The predicted octanol–water partition coefficient (Wildman–Crippen LogP) is 0.760. The molecule has 0 fully saturated rings. The fourth-order valence-corrected chi connectivity index (χ4v) is 2.60. The van der Waals surface area contributed by atoms with Crippen LogP contribution in [-0.4, -0.2) is 21.0 Å². The van der Waals surface area contributed by atoms with Crippen molar-refractivity contribution in [3.8, 4) is 0 Å². The number of rotatable bonds is 4. The fourth-order valence-electron chi connectivity index (χ4n) is 1.23. The topological polar surface area (TPSA) is 72.2 Å². The standard InChI is InChI=1S/C10H15FN2O2S/c1-7-5-9(11)3-4-10(7)16(14,15)13-6-8(2)12/h3-5,8,13H,6,12H2,1-2H3. The third-order valence-electron chi connectivity index (χ3n) is 2.02. The molecular formula is C10H15FN2O2S. The SMILES string of the molecule is Cc1cc(F)ccc1S(=O)(=O)NCC(C)N. The van der Waals surface area contributed by atoms with Crippen LogP contribution in [0.25, 0.3) is 0 Å². The van der Waals surface area contributed by atoms with Crippen LogP contribution in [0, 0.1) is 12.7 Å². The molecule has 0 heterocycles. The van der Waals surface area contributed by atoms with Crippen molar-refractivity contribution in [1.29, 1.82) is 0 Å². The molecule has 0 saturated carbocycles. The van der Waals surface area contributed by atoms with Crippen molar-refractivity contribution in [2.24, 2.45) is 5.73 Å². The minimum absolute atomic E-state index is 0.0783. The molecule has 3 N–H and O–H groups in total. The fraction of sp³-hybridized carbons (Fsp3) is 0.400. The van der Waals surface area contributed by atoms with Crippen LogP contribution >= 0.6 is 0 Å².